The Labute approximate surface area is 111 Å². The fraction of sp³-hybridized carbons (Fsp3) is 0.385. The van der Waals surface area contributed by atoms with Crippen LogP contribution < -0.4 is 11.1 Å². The second kappa shape index (κ2) is 6.86. The Morgan fingerprint density at radius 1 is 1.26 bits per heavy atom. The van der Waals surface area contributed by atoms with Crippen molar-refractivity contribution in [1.29, 1.82) is 0 Å². The molecule has 0 saturated heterocycles. The van der Waals surface area contributed by atoms with Crippen molar-refractivity contribution in [3.8, 4) is 0 Å². The van der Waals surface area contributed by atoms with Gasteiger partial charge in [0.2, 0.25) is 0 Å². The van der Waals surface area contributed by atoms with Gasteiger partial charge in [-0.2, -0.15) is 0 Å². The van der Waals surface area contributed by atoms with Crippen molar-refractivity contribution in [3.05, 3.63) is 24.5 Å². The summed E-state index contributed by atoms with van der Waals surface area (Å²) in [4.78, 5) is 8.41. The van der Waals surface area contributed by atoms with Gasteiger partial charge in [-0.1, -0.05) is 0 Å². The highest BCUT2D eigenvalue weighted by Gasteiger charge is 2.03. The van der Waals surface area contributed by atoms with Gasteiger partial charge in [0.25, 0.3) is 0 Å². The predicted molar refractivity (Wildman–Crippen MR) is 75.0 cm³/mol. The molecular formula is C13H18N4O2. The number of nitrogens with one attached hydrogen (secondary N) is 1. The summed E-state index contributed by atoms with van der Waals surface area (Å²) in [5.74, 6) is 0.798. The number of nitrogens with zero attached hydrogens (tertiary/aromatic N) is 2. The third-order valence-electron chi connectivity index (χ3n) is 2.65. The lowest BCUT2D eigenvalue weighted by Crippen LogP contribution is -2.09. The average molecular weight is 262 g/mol. The molecule has 2 aromatic rings. The van der Waals surface area contributed by atoms with Gasteiger partial charge < -0.3 is 20.9 Å². The zero-order valence-electron chi connectivity index (χ0n) is 10.7. The number of rotatable bonds is 7. The van der Waals surface area contributed by atoms with E-state index in [1.807, 2.05) is 18.2 Å². The Hall–Kier alpha value is -1.92. The summed E-state index contributed by atoms with van der Waals surface area (Å²) in [5, 5.41) is 12.8. The first kappa shape index (κ1) is 13.5. The summed E-state index contributed by atoms with van der Waals surface area (Å²) < 4.78 is 5.18. The van der Waals surface area contributed by atoms with E-state index in [1.165, 1.54) is 6.33 Å². The number of aromatic nitrogens is 2. The summed E-state index contributed by atoms with van der Waals surface area (Å²) in [6.07, 6.45) is 2.37. The number of aliphatic hydroxyl groups is 1. The molecule has 6 nitrogen and oxygen atoms in total. The number of hydrogen-bond donors (Lipinski definition) is 3. The van der Waals surface area contributed by atoms with Crippen molar-refractivity contribution in [2.45, 2.75) is 6.42 Å². The van der Waals surface area contributed by atoms with Crippen LogP contribution in [0.2, 0.25) is 0 Å². The molecule has 1 aromatic heterocycles. The molecule has 0 radical (unpaired) electrons. The van der Waals surface area contributed by atoms with Gasteiger partial charge in [0.05, 0.1) is 18.7 Å². The van der Waals surface area contributed by atoms with Gasteiger partial charge in [0, 0.05) is 24.2 Å². The third kappa shape index (κ3) is 3.77. The molecule has 19 heavy (non-hydrogen) atoms. The first-order valence-electron chi connectivity index (χ1n) is 6.24. The standard InChI is InChI=1S/C13H18N4O2/c14-10-2-3-11-12(8-10)16-9-17-13(11)15-4-1-6-19-7-5-18/h2-3,8-9,18H,1,4-7,14H2,(H,15,16,17). The van der Waals surface area contributed by atoms with Crippen molar-refractivity contribution in [3.63, 3.8) is 0 Å². The Morgan fingerprint density at radius 2 is 2.16 bits per heavy atom. The zero-order chi connectivity index (χ0) is 13.5. The van der Waals surface area contributed by atoms with Crippen LogP contribution in [0.15, 0.2) is 24.5 Å². The lowest BCUT2D eigenvalue weighted by Gasteiger charge is -2.08. The Bertz CT molecular complexity index is 533. The molecule has 0 atom stereocenters. The van der Waals surface area contributed by atoms with E-state index in [0.717, 1.165) is 29.7 Å². The molecule has 0 saturated carbocycles. The van der Waals surface area contributed by atoms with Gasteiger partial charge in [-0.3, -0.25) is 0 Å². The van der Waals surface area contributed by atoms with E-state index in [2.05, 4.69) is 15.3 Å². The quantitative estimate of drug-likeness (QED) is 0.509. The summed E-state index contributed by atoms with van der Waals surface area (Å²) in [6, 6.07) is 5.57. The number of ether oxygens (including phenoxy) is 1. The van der Waals surface area contributed by atoms with Crippen molar-refractivity contribution in [1.82, 2.24) is 9.97 Å². The van der Waals surface area contributed by atoms with Crippen LogP contribution in [0.25, 0.3) is 10.9 Å². The zero-order valence-corrected chi connectivity index (χ0v) is 10.7. The largest absolute Gasteiger partial charge is 0.399 e. The average Bonchev–Trinajstić information content (AvgIpc) is 2.42. The number of benzene rings is 1. The minimum atomic E-state index is 0.0609. The molecule has 102 valence electrons. The fourth-order valence-corrected chi connectivity index (χ4v) is 1.76. The molecule has 1 aromatic carbocycles. The summed E-state index contributed by atoms with van der Waals surface area (Å²) in [7, 11) is 0. The fourth-order valence-electron chi connectivity index (χ4n) is 1.76. The number of hydrogen-bond acceptors (Lipinski definition) is 6. The van der Waals surface area contributed by atoms with E-state index in [0.29, 0.717) is 18.9 Å². The number of aliphatic hydroxyl groups excluding tert-OH is 1. The van der Waals surface area contributed by atoms with E-state index in [1.54, 1.807) is 0 Å². The van der Waals surface area contributed by atoms with Crippen LogP contribution >= 0.6 is 0 Å². The van der Waals surface area contributed by atoms with Gasteiger partial charge in [-0.25, -0.2) is 9.97 Å². The molecule has 0 bridgehead atoms. The normalized spacial score (nSPS) is 10.8. The maximum Gasteiger partial charge on any atom is 0.137 e. The number of fused-ring (bicyclic) bond motifs is 1. The van der Waals surface area contributed by atoms with Gasteiger partial charge in [0.1, 0.15) is 12.1 Å². The van der Waals surface area contributed by atoms with Crippen LogP contribution in [0.5, 0.6) is 0 Å². The summed E-state index contributed by atoms with van der Waals surface area (Å²) >= 11 is 0. The summed E-state index contributed by atoms with van der Waals surface area (Å²) in [6.45, 7) is 1.81. The molecule has 6 heteroatoms. The first-order chi connectivity index (χ1) is 9.31. The van der Waals surface area contributed by atoms with Crippen LogP contribution in [-0.4, -0.2) is 41.4 Å². The highest BCUT2D eigenvalue weighted by Crippen LogP contribution is 2.20. The van der Waals surface area contributed by atoms with Gasteiger partial charge in [-0.05, 0) is 24.6 Å². The molecular weight excluding hydrogens is 244 g/mol. The van der Waals surface area contributed by atoms with Gasteiger partial charge in [0.15, 0.2) is 0 Å². The Kier molecular flexibility index (Phi) is 4.88. The molecule has 0 unspecified atom stereocenters. The summed E-state index contributed by atoms with van der Waals surface area (Å²) in [5.41, 5.74) is 7.24. The van der Waals surface area contributed by atoms with Gasteiger partial charge >= 0.3 is 0 Å². The van der Waals surface area contributed by atoms with Crippen molar-refractivity contribution in [2.75, 3.05) is 37.4 Å². The predicted octanol–water partition coefficient (Wildman–Crippen LogP) is 1.02. The van der Waals surface area contributed by atoms with Crippen LogP contribution in [0.3, 0.4) is 0 Å². The minimum Gasteiger partial charge on any atom is -0.399 e. The second-order valence-corrected chi connectivity index (χ2v) is 4.12. The van der Waals surface area contributed by atoms with E-state index < -0.39 is 0 Å². The van der Waals surface area contributed by atoms with E-state index in [4.69, 9.17) is 15.6 Å². The molecule has 2 rings (SSSR count). The van der Waals surface area contributed by atoms with E-state index in [-0.39, 0.29) is 6.61 Å². The first-order valence-corrected chi connectivity index (χ1v) is 6.24. The number of nitrogen functional groups attached to an aromatic ring is 1. The molecule has 0 aliphatic carbocycles. The minimum absolute atomic E-state index is 0.0609. The number of anilines is 2. The SMILES string of the molecule is Nc1ccc2c(NCCCOCCO)ncnc2c1. The van der Waals surface area contributed by atoms with Crippen molar-refractivity contribution in [2.24, 2.45) is 0 Å². The lowest BCUT2D eigenvalue weighted by atomic mass is 10.2. The topological polar surface area (TPSA) is 93.3 Å². The maximum atomic E-state index is 8.57. The molecule has 1 heterocycles. The van der Waals surface area contributed by atoms with Crippen LogP contribution in [0, 0.1) is 0 Å². The Morgan fingerprint density at radius 3 is 3.00 bits per heavy atom. The van der Waals surface area contributed by atoms with Gasteiger partial charge in [-0.15, -0.1) is 0 Å². The molecule has 0 fully saturated rings. The molecule has 4 N–H and O–H groups in total. The van der Waals surface area contributed by atoms with Crippen LogP contribution in [0.1, 0.15) is 6.42 Å². The molecule has 0 spiro atoms. The van der Waals surface area contributed by atoms with E-state index >= 15 is 0 Å². The van der Waals surface area contributed by atoms with Crippen molar-refractivity contribution < 1.29 is 9.84 Å². The maximum absolute atomic E-state index is 8.57. The van der Waals surface area contributed by atoms with Crippen LogP contribution in [-0.2, 0) is 4.74 Å². The monoisotopic (exact) mass is 262 g/mol. The Balaban J connectivity index is 1.93. The lowest BCUT2D eigenvalue weighted by molar-refractivity contribution is 0.0922. The smallest absolute Gasteiger partial charge is 0.137 e. The molecule has 0 aliphatic heterocycles. The molecule has 0 amide bonds. The van der Waals surface area contributed by atoms with Crippen LogP contribution in [0.4, 0.5) is 11.5 Å². The van der Waals surface area contributed by atoms with Crippen molar-refractivity contribution >= 4 is 22.4 Å². The highest BCUT2D eigenvalue weighted by molar-refractivity contribution is 5.90. The highest BCUT2D eigenvalue weighted by atomic mass is 16.5. The third-order valence-corrected chi connectivity index (χ3v) is 2.65. The molecule has 0 aliphatic rings. The second-order valence-electron chi connectivity index (χ2n) is 4.12. The number of nitrogens with two attached hydrogens (primary N) is 1. The van der Waals surface area contributed by atoms with E-state index in [9.17, 15) is 0 Å².